The topological polar surface area (TPSA) is 35.2 Å². The molecule has 2 rings (SSSR count). The molecule has 1 unspecified atom stereocenters. The summed E-state index contributed by atoms with van der Waals surface area (Å²) in [5.41, 5.74) is 5.73. The Bertz CT molecular complexity index is 217. The number of rotatable bonds is 2. The SMILES string of the molecule is NCC1(C2CCOC2)CCC(F)(F)CC1. The van der Waals surface area contributed by atoms with Crippen molar-refractivity contribution in [2.24, 2.45) is 17.1 Å². The van der Waals surface area contributed by atoms with Gasteiger partial charge in [-0.1, -0.05) is 0 Å². The summed E-state index contributed by atoms with van der Waals surface area (Å²) < 4.78 is 31.5. The van der Waals surface area contributed by atoms with Gasteiger partial charge in [-0.2, -0.15) is 0 Å². The predicted molar refractivity (Wildman–Crippen MR) is 53.8 cm³/mol. The molecule has 1 aliphatic heterocycles. The lowest BCUT2D eigenvalue weighted by Gasteiger charge is -2.43. The number of nitrogens with two attached hydrogens (primary N) is 1. The number of hydrogen-bond acceptors (Lipinski definition) is 2. The number of alkyl halides is 2. The summed E-state index contributed by atoms with van der Waals surface area (Å²) in [7, 11) is 0. The summed E-state index contributed by atoms with van der Waals surface area (Å²) >= 11 is 0. The van der Waals surface area contributed by atoms with E-state index in [1.165, 1.54) is 0 Å². The molecule has 2 aliphatic rings. The van der Waals surface area contributed by atoms with E-state index in [-0.39, 0.29) is 18.3 Å². The van der Waals surface area contributed by atoms with Crippen LogP contribution in [0.1, 0.15) is 32.1 Å². The molecule has 15 heavy (non-hydrogen) atoms. The average molecular weight is 219 g/mol. The first-order valence-corrected chi connectivity index (χ1v) is 5.74. The maximum atomic E-state index is 13.1. The van der Waals surface area contributed by atoms with Gasteiger partial charge in [-0.25, -0.2) is 8.78 Å². The van der Waals surface area contributed by atoms with E-state index >= 15 is 0 Å². The van der Waals surface area contributed by atoms with E-state index in [1.54, 1.807) is 0 Å². The zero-order valence-electron chi connectivity index (χ0n) is 8.98. The maximum absolute atomic E-state index is 13.1. The third-order valence-corrected chi connectivity index (χ3v) is 4.18. The van der Waals surface area contributed by atoms with Crippen LogP contribution in [0.25, 0.3) is 0 Å². The molecule has 1 aliphatic carbocycles. The van der Waals surface area contributed by atoms with Crippen LogP contribution >= 0.6 is 0 Å². The van der Waals surface area contributed by atoms with Crippen LogP contribution in [0.4, 0.5) is 8.78 Å². The van der Waals surface area contributed by atoms with Gasteiger partial charge in [-0.05, 0) is 37.1 Å². The normalized spacial score (nSPS) is 34.2. The second kappa shape index (κ2) is 3.98. The summed E-state index contributed by atoms with van der Waals surface area (Å²) in [5, 5.41) is 0. The summed E-state index contributed by atoms with van der Waals surface area (Å²) in [6.07, 6.45) is 2.11. The van der Waals surface area contributed by atoms with Gasteiger partial charge < -0.3 is 10.5 Å². The minimum absolute atomic E-state index is 0.000694. The lowest BCUT2D eigenvalue weighted by molar-refractivity contribution is -0.0790. The molecule has 1 saturated carbocycles. The molecule has 2 fully saturated rings. The largest absolute Gasteiger partial charge is 0.381 e. The van der Waals surface area contributed by atoms with Crippen LogP contribution in [0.3, 0.4) is 0 Å². The van der Waals surface area contributed by atoms with E-state index in [0.717, 1.165) is 13.0 Å². The molecule has 1 atom stereocenters. The molecule has 0 spiro atoms. The zero-order valence-corrected chi connectivity index (χ0v) is 8.98. The van der Waals surface area contributed by atoms with Crippen molar-refractivity contribution in [1.82, 2.24) is 0 Å². The van der Waals surface area contributed by atoms with Gasteiger partial charge in [0.05, 0.1) is 6.61 Å². The lowest BCUT2D eigenvalue weighted by Crippen LogP contribution is -2.44. The highest BCUT2D eigenvalue weighted by Gasteiger charge is 2.47. The smallest absolute Gasteiger partial charge is 0.248 e. The van der Waals surface area contributed by atoms with Crippen molar-refractivity contribution in [1.29, 1.82) is 0 Å². The summed E-state index contributed by atoms with van der Waals surface area (Å²) in [5.74, 6) is -2.06. The van der Waals surface area contributed by atoms with Gasteiger partial charge >= 0.3 is 0 Å². The Balaban J connectivity index is 2.03. The third kappa shape index (κ3) is 2.16. The molecule has 0 aromatic carbocycles. The molecule has 1 heterocycles. The summed E-state index contributed by atoms with van der Waals surface area (Å²) in [6, 6.07) is 0. The van der Waals surface area contributed by atoms with Gasteiger partial charge in [0.25, 0.3) is 0 Å². The monoisotopic (exact) mass is 219 g/mol. The Hall–Kier alpha value is -0.220. The predicted octanol–water partition coefficient (Wildman–Crippen LogP) is 2.18. The fourth-order valence-corrected chi connectivity index (χ4v) is 2.91. The van der Waals surface area contributed by atoms with Crippen LogP contribution in [0.2, 0.25) is 0 Å². The Labute approximate surface area is 89.2 Å². The van der Waals surface area contributed by atoms with Gasteiger partial charge in [-0.3, -0.25) is 0 Å². The minimum atomic E-state index is -2.46. The molecule has 1 saturated heterocycles. The first-order valence-electron chi connectivity index (χ1n) is 5.74. The van der Waals surface area contributed by atoms with Crippen LogP contribution in [-0.4, -0.2) is 25.7 Å². The summed E-state index contributed by atoms with van der Waals surface area (Å²) in [4.78, 5) is 0. The van der Waals surface area contributed by atoms with Crippen LogP contribution in [0, 0.1) is 11.3 Å². The minimum Gasteiger partial charge on any atom is -0.381 e. The van der Waals surface area contributed by atoms with Gasteiger partial charge in [-0.15, -0.1) is 0 Å². The fourth-order valence-electron chi connectivity index (χ4n) is 2.91. The third-order valence-electron chi connectivity index (χ3n) is 4.18. The Morgan fingerprint density at radius 3 is 2.33 bits per heavy atom. The summed E-state index contributed by atoms with van der Waals surface area (Å²) in [6.45, 7) is 2.00. The van der Waals surface area contributed by atoms with Crippen molar-refractivity contribution in [2.75, 3.05) is 19.8 Å². The van der Waals surface area contributed by atoms with Crippen LogP contribution in [0.5, 0.6) is 0 Å². The molecule has 0 aromatic rings. The van der Waals surface area contributed by atoms with Gasteiger partial charge in [0.2, 0.25) is 5.92 Å². The fraction of sp³-hybridized carbons (Fsp3) is 1.00. The van der Waals surface area contributed by atoms with Crippen LogP contribution < -0.4 is 5.73 Å². The van der Waals surface area contributed by atoms with E-state index in [0.29, 0.717) is 31.9 Å². The quantitative estimate of drug-likeness (QED) is 0.772. The molecular formula is C11H19F2NO. The standard InChI is InChI=1S/C11H19F2NO/c12-11(13)4-2-10(8-14,3-5-11)9-1-6-15-7-9/h9H,1-8,14H2. The van der Waals surface area contributed by atoms with Crippen LogP contribution in [-0.2, 0) is 4.74 Å². The van der Waals surface area contributed by atoms with E-state index in [1.807, 2.05) is 0 Å². The van der Waals surface area contributed by atoms with E-state index in [4.69, 9.17) is 10.5 Å². The molecule has 0 bridgehead atoms. The van der Waals surface area contributed by atoms with Crippen LogP contribution in [0.15, 0.2) is 0 Å². The van der Waals surface area contributed by atoms with E-state index in [9.17, 15) is 8.78 Å². The zero-order chi connectivity index (χ0) is 10.9. The first-order chi connectivity index (χ1) is 7.08. The first kappa shape index (κ1) is 11.3. The Morgan fingerprint density at radius 2 is 1.87 bits per heavy atom. The van der Waals surface area contributed by atoms with E-state index in [2.05, 4.69) is 0 Å². The maximum Gasteiger partial charge on any atom is 0.248 e. The molecule has 0 radical (unpaired) electrons. The van der Waals surface area contributed by atoms with Gasteiger partial charge in [0, 0.05) is 19.4 Å². The van der Waals surface area contributed by atoms with Crippen molar-refractivity contribution in [3.05, 3.63) is 0 Å². The van der Waals surface area contributed by atoms with Gasteiger partial charge in [0.1, 0.15) is 0 Å². The van der Waals surface area contributed by atoms with Crippen molar-refractivity contribution >= 4 is 0 Å². The van der Waals surface area contributed by atoms with Crippen molar-refractivity contribution in [3.8, 4) is 0 Å². The second-order valence-electron chi connectivity index (χ2n) is 4.98. The van der Waals surface area contributed by atoms with Crippen molar-refractivity contribution < 1.29 is 13.5 Å². The number of ether oxygens (including phenoxy) is 1. The molecule has 88 valence electrons. The Kier molecular flexibility index (Phi) is 2.99. The average Bonchev–Trinajstić information content (AvgIpc) is 2.72. The van der Waals surface area contributed by atoms with Gasteiger partial charge in [0.15, 0.2) is 0 Å². The molecule has 2 N–H and O–H groups in total. The second-order valence-corrected chi connectivity index (χ2v) is 4.98. The highest BCUT2D eigenvalue weighted by molar-refractivity contribution is 4.95. The molecule has 0 amide bonds. The highest BCUT2D eigenvalue weighted by atomic mass is 19.3. The molecule has 0 aromatic heterocycles. The number of halogens is 2. The lowest BCUT2D eigenvalue weighted by atomic mass is 9.65. The van der Waals surface area contributed by atoms with Crippen molar-refractivity contribution in [3.63, 3.8) is 0 Å². The Morgan fingerprint density at radius 1 is 1.20 bits per heavy atom. The highest BCUT2D eigenvalue weighted by Crippen LogP contribution is 2.49. The molecular weight excluding hydrogens is 200 g/mol. The van der Waals surface area contributed by atoms with E-state index < -0.39 is 5.92 Å². The molecule has 4 heteroatoms. The number of hydrogen-bond donors (Lipinski definition) is 1. The van der Waals surface area contributed by atoms with Crippen molar-refractivity contribution in [2.45, 2.75) is 38.0 Å². The molecule has 2 nitrogen and oxygen atoms in total.